The third-order valence-electron chi connectivity index (χ3n) is 2.26. The summed E-state index contributed by atoms with van der Waals surface area (Å²) in [6.45, 7) is 3.49. The first-order valence-electron chi connectivity index (χ1n) is 4.04. The SMILES string of the molecule is C[C@@H](O)C(=O)NC1(C)CCC1. The summed E-state index contributed by atoms with van der Waals surface area (Å²) in [7, 11) is 0. The number of carbonyl (C=O) groups is 1. The highest BCUT2D eigenvalue weighted by Crippen LogP contribution is 2.30. The van der Waals surface area contributed by atoms with E-state index in [0.29, 0.717) is 0 Å². The van der Waals surface area contributed by atoms with Crippen LogP contribution in [0.25, 0.3) is 0 Å². The van der Waals surface area contributed by atoms with Crippen LogP contribution in [0.15, 0.2) is 0 Å². The molecule has 0 radical (unpaired) electrons. The zero-order valence-corrected chi connectivity index (χ0v) is 7.05. The third-order valence-corrected chi connectivity index (χ3v) is 2.26. The average molecular weight is 157 g/mol. The average Bonchev–Trinajstić information content (AvgIpc) is 1.84. The van der Waals surface area contributed by atoms with E-state index < -0.39 is 6.10 Å². The molecule has 0 heterocycles. The maximum atomic E-state index is 11.0. The van der Waals surface area contributed by atoms with E-state index in [1.54, 1.807) is 0 Å². The summed E-state index contributed by atoms with van der Waals surface area (Å²) in [6, 6.07) is 0. The maximum absolute atomic E-state index is 11.0. The first-order chi connectivity index (χ1) is 5.03. The molecule has 1 fully saturated rings. The third kappa shape index (κ3) is 1.93. The second kappa shape index (κ2) is 2.81. The zero-order valence-electron chi connectivity index (χ0n) is 7.05. The standard InChI is InChI=1S/C8H15NO2/c1-6(10)7(11)9-8(2)4-3-5-8/h6,10H,3-5H2,1-2H3,(H,9,11)/t6-/m1/s1. The van der Waals surface area contributed by atoms with Crippen LogP contribution in [-0.4, -0.2) is 22.7 Å². The van der Waals surface area contributed by atoms with Crippen molar-refractivity contribution in [2.45, 2.75) is 44.8 Å². The Morgan fingerprint density at radius 2 is 2.18 bits per heavy atom. The molecule has 1 amide bonds. The summed E-state index contributed by atoms with van der Waals surface area (Å²) >= 11 is 0. The topological polar surface area (TPSA) is 49.3 Å². The van der Waals surface area contributed by atoms with Gasteiger partial charge in [0, 0.05) is 5.54 Å². The van der Waals surface area contributed by atoms with E-state index in [1.807, 2.05) is 6.92 Å². The van der Waals surface area contributed by atoms with Gasteiger partial charge in [-0.05, 0) is 33.1 Å². The number of aliphatic hydroxyl groups excluding tert-OH is 1. The van der Waals surface area contributed by atoms with E-state index in [0.717, 1.165) is 12.8 Å². The fraction of sp³-hybridized carbons (Fsp3) is 0.875. The van der Waals surface area contributed by atoms with Crippen LogP contribution in [-0.2, 0) is 4.79 Å². The molecule has 0 aromatic rings. The molecule has 64 valence electrons. The summed E-state index contributed by atoms with van der Waals surface area (Å²) in [4.78, 5) is 11.0. The monoisotopic (exact) mass is 157 g/mol. The molecule has 1 rings (SSSR count). The van der Waals surface area contributed by atoms with E-state index in [9.17, 15) is 4.79 Å². The van der Waals surface area contributed by atoms with Gasteiger partial charge in [-0.25, -0.2) is 0 Å². The Hall–Kier alpha value is -0.570. The molecular weight excluding hydrogens is 142 g/mol. The molecule has 0 aliphatic heterocycles. The molecule has 3 heteroatoms. The quantitative estimate of drug-likeness (QED) is 0.610. The number of hydrogen-bond donors (Lipinski definition) is 2. The zero-order chi connectivity index (χ0) is 8.48. The van der Waals surface area contributed by atoms with Crippen molar-refractivity contribution >= 4 is 5.91 Å². The van der Waals surface area contributed by atoms with Crippen molar-refractivity contribution in [3.8, 4) is 0 Å². The van der Waals surface area contributed by atoms with Gasteiger partial charge in [0.05, 0.1) is 0 Å². The van der Waals surface area contributed by atoms with E-state index in [4.69, 9.17) is 5.11 Å². The highest BCUT2D eigenvalue weighted by molar-refractivity contribution is 5.80. The van der Waals surface area contributed by atoms with E-state index in [2.05, 4.69) is 5.32 Å². The molecule has 3 nitrogen and oxygen atoms in total. The van der Waals surface area contributed by atoms with Crippen molar-refractivity contribution in [2.24, 2.45) is 0 Å². The minimum absolute atomic E-state index is 0.0337. The number of aliphatic hydroxyl groups is 1. The summed E-state index contributed by atoms with van der Waals surface area (Å²) in [5.74, 6) is -0.257. The van der Waals surface area contributed by atoms with Crippen LogP contribution in [0.1, 0.15) is 33.1 Å². The smallest absolute Gasteiger partial charge is 0.248 e. The number of nitrogens with one attached hydrogen (secondary N) is 1. The molecule has 1 atom stereocenters. The van der Waals surface area contributed by atoms with Crippen molar-refractivity contribution < 1.29 is 9.90 Å². The molecule has 1 aliphatic rings. The minimum atomic E-state index is -0.882. The van der Waals surface area contributed by atoms with E-state index in [-0.39, 0.29) is 11.4 Å². The fourth-order valence-corrected chi connectivity index (χ4v) is 1.23. The lowest BCUT2D eigenvalue weighted by Crippen LogP contribution is -2.53. The number of rotatable bonds is 2. The predicted octanol–water partition coefficient (Wildman–Crippen LogP) is 0.426. The highest BCUT2D eigenvalue weighted by Gasteiger charge is 2.33. The fourth-order valence-electron chi connectivity index (χ4n) is 1.23. The first kappa shape index (κ1) is 8.53. The van der Waals surface area contributed by atoms with E-state index in [1.165, 1.54) is 13.3 Å². The van der Waals surface area contributed by atoms with Gasteiger partial charge in [-0.3, -0.25) is 4.79 Å². The van der Waals surface area contributed by atoms with Crippen molar-refractivity contribution in [3.05, 3.63) is 0 Å². The summed E-state index contributed by atoms with van der Waals surface area (Å²) in [6.07, 6.45) is 2.36. The molecule has 0 aromatic carbocycles. The summed E-state index contributed by atoms with van der Waals surface area (Å²) in [5.41, 5.74) is -0.0337. The van der Waals surface area contributed by atoms with Gasteiger partial charge in [0.15, 0.2) is 0 Å². The molecule has 0 saturated heterocycles. The molecule has 0 bridgehead atoms. The Bertz CT molecular complexity index is 161. The Labute approximate surface area is 66.8 Å². The van der Waals surface area contributed by atoms with Gasteiger partial charge in [-0.2, -0.15) is 0 Å². The molecular formula is C8H15NO2. The highest BCUT2D eigenvalue weighted by atomic mass is 16.3. The van der Waals surface area contributed by atoms with Gasteiger partial charge in [-0.1, -0.05) is 0 Å². The lowest BCUT2D eigenvalue weighted by Gasteiger charge is -2.39. The predicted molar refractivity (Wildman–Crippen MR) is 42.1 cm³/mol. The summed E-state index contributed by atoms with van der Waals surface area (Å²) in [5, 5.41) is 11.7. The number of hydrogen-bond acceptors (Lipinski definition) is 2. The molecule has 1 aliphatic carbocycles. The molecule has 2 N–H and O–H groups in total. The van der Waals surface area contributed by atoms with Gasteiger partial charge < -0.3 is 10.4 Å². The van der Waals surface area contributed by atoms with Crippen molar-refractivity contribution in [2.75, 3.05) is 0 Å². The largest absolute Gasteiger partial charge is 0.384 e. The molecule has 11 heavy (non-hydrogen) atoms. The van der Waals surface area contributed by atoms with Crippen molar-refractivity contribution in [1.29, 1.82) is 0 Å². The van der Waals surface area contributed by atoms with Crippen LogP contribution >= 0.6 is 0 Å². The summed E-state index contributed by atoms with van der Waals surface area (Å²) < 4.78 is 0. The van der Waals surface area contributed by atoms with Crippen LogP contribution in [0.2, 0.25) is 0 Å². The van der Waals surface area contributed by atoms with E-state index >= 15 is 0 Å². The van der Waals surface area contributed by atoms with Crippen LogP contribution in [0.5, 0.6) is 0 Å². The lowest BCUT2D eigenvalue weighted by molar-refractivity contribution is -0.131. The second-order valence-corrected chi connectivity index (χ2v) is 3.58. The van der Waals surface area contributed by atoms with Crippen LogP contribution in [0.3, 0.4) is 0 Å². The Morgan fingerprint density at radius 1 is 1.64 bits per heavy atom. The Morgan fingerprint density at radius 3 is 2.45 bits per heavy atom. The molecule has 0 aromatic heterocycles. The lowest BCUT2D eigenvalue weighted by atomic mass is 9.78. The van der Waals surface area contributed by atoms with Gasteiger partial charge in [0.1, 0.15) is 6.10 Å². The van der Waals surface area contributed by atoms with Gasteiger partial charge in [0.25, 0.3) is 0 Å². The first-order valence-corrected chi connectivity index (χ1v) is 4.04. The van der Waals surface area contributed by atoms with Crippen LogP contribution < -0.4 is 5.32 Å². The molecule has 1 saturated carbocycles. The Balaban J connectivity index is 2.35. The van der Waals surface area contributed by atoms with Crippen LogP contribution in [0, 0.1) is 0 Å². The maximum Gasteiger partial charge on any atom is 0.248 e. The molecule has 0 spiro atoms. The van der Waals surface area contributed by atoms with Crippen molar-refractivity contribution in [1.82, 2.24) is 5.32 Å². The van der Waals surface area contributed by atoms with Crippen molar-refractivity contribution in [3.63, 3.8) is 0 Å². The van der Waals surface area contributed by atoms with Gasteiger partial charge in [0.2, 0.25) is 5.91 Å². The Kier molecular flexibility index (Phi) is 2.18. The van der Waals surface area contributed by atoms with Gasteiger partial charge in [-0.15, -0.1) is 0 Å². The number of amides is 1. The van der Waals surface area contributed by atoms with Gasteiger partial charge >= 0.3 is 0 Å². The second-order valence-electron chi connectivity index (χ2n) is 3.58. The molecule has 0 unspecified atom stereocenters. The minimum Gasteiger partial charge on any atom is -0.384 e. The normalized spacial score (nSPS) is 23.5. The number of carbonyl (C=O) groups excluding carboxylic acids is 1. The van der Waals surface area contributed by atoms with Crippen LogP contribution in [0.4, 0.5) is 0 Å².